The van der Waals surface area contributed by atoms with Crippen molar-refractivity contribution in [2.24, 2.45) is 17.8 Å². The first-order valence-corrected chi connectivity index (χ1v) is 10.1. The maximum Gasteiger partial charge on any atom is 0.215 e. The highest BCUT2D eigenvalue weighted by Crippen LogP contribution is 2.58. The zero-order chi connectivity index (χ0) is 18.3. The van der Waals surface area contributed by atoms with Crippen molar-refractivity contribution >= 4 is 12.2 Å². The first kappa shape index (κ1) is 16.8. The molecule has 1 heterocycles. The van der Waals surface area contributed by atoms with Gasteiger partial charge >= 0.3 is 0 Å². The summed E-state index contributed by atoms with van der Waals surface area (Å²) in [5.74, 6) is 3.71. The molecule has 4 nitrogen and oxygen atoms in total. The van der Waals surface area contributed by atoms with E-state index in [0.29, 0.717) is 18.2 Å². The van der Waals surface area contributed by atoms with Gasteiger partial charge in [0.2, 0.25) is 6.41 Å². The van der Waals surface area contributed by atoms with E-state index < -0.39 is 0 Å². The fraction of sp³-hybridized carbons (Fsp3) is 0.478. The SMILES string of the molecule is O=CN(c1ncccc1OCc1ccccc1)C12CC3CC(CC(C3)C1)C2. The standard InChI is InChI=1S/C23H26N2O2/c26-16-25(23-12-18-9-19(13-23)11-20(10-18)14-23)22-21(7-4-8-24-22)27-15-17-5-2-1-3-6-17/h1-8,16,18-20H,9-15H2. The van der Waals surface area contributed by atoms with E-state index in [1.165, 1.54) is 19.3 Å². The molecule has 0 saturated heterocycles. The van der Waals surface area contributed by atoms with Gasteiger partial charge in [-0.3, -0.25) is 9.69 Å². The van der Waals surface area contributed by atoms with E-state index in [9.17, 15) is 4.79 Å². The Morgan fingerprint density at radius 3 is 2.30 bits per heavy atom. The van der Waals surface area contributed by atoms with E-state index in [4.69, 9.17) is 4.74 Å². The Hall–Kier alpha value is -2.36. The Bertz CT molecular complexity index is 785. The number of pyridine rings is 1. The molecule has 6 rings (SSSR count). The minimum Gasteiger partial charge on any atom is -0.485 e. The van der Waals surface area contributed by atoms with Gasteiger partial charge in [0, 0.05) is 11.7 Å². The van der Waals surface area contributed by atoms with Gasteiger partial charge in [0.1, 0.15) is 6.61 Å². The van der Waals surface area contributed by atoms with E-state index >= 15 is 0 Å². The van der Waals surface area contributed by atoms with Crippen LogP contribution in [0.15, 0.2) is 48.7 Å². The molecule has 4 aliphatic rings. The molecule has 4 heteroatoms. The van der Waals surface area contributed by atoms with E-state index in [1.54, 1.807) is 6.20 Å². The van der Waals surface area contributed by atoms with Gasteiger partial charge in [0.25, 0.3) is 0 Å². The molecule has 4 fully saturated rings. The fourth-order valence-electron chi connectivity index (χ4n) is 6.16. The second-order valence-electron chi connectivity index (χ2n) is 8.72. The highest BCUT2D eigenvalue weighted by Gasteiger charge is 2.54. The smallest absolute Gasteiger partial charge is 0.215 e. The summed E-state index contributed by atoms with van der Waals surface area (Å²) >= 11 is 0. The minimum absolute atomic E-state index is 0.0598. The number of amides is 1. The van der Waals surface area contributed by atoms with Crippen molar-refractivity contribution in [3.63, 3.8) is 0 Å². The highest BCUT2D eigenvalue weighted by atomic mass is 16.5. The number of carbonyl (C=O) groups excluding carboxylic acids is 1. The van der Waals surface area contributed by atoms with Crippen molar-refractivity contribution in [1.29, 1.82) is 0 Å². The second-order valence-corrected chi connectivity index (χ2v) is 8.72. The van der Waals surface area contributed by atoms with Crippen LogP contribution in [-0.2, 0) is 11.4 Å². The molecule has 0 radical (unpaired) electrons. The Morgan fingerprint density at radius 1 is 1.00 bits per heavy atom. The van der Waals surface area contributed by atoms with Crippen LogP contribution < -0.4 is 9.64 Å². The Labute approximate surface area is 160 Å². The van der Waals surface area contributed by atoms with Crippen molar-refractivity contribution in [3.8, 4) is 5.75 Å². The third kappa shape index (κ3) is 3.01. The summed E-state index contributed by atoms with van der Waals surface area (Å²) in [5, 5.41) is 0. The minimum atomic E-state index is -0.0598. The highest BCUT2D eigenvalue weighted by molar-refractivity contribution is 5.78. The number of hydrogen-bond donors (Lipinski definition) is 0. The van der Waals surface area contributed by atoms with E-state index in [-0.39, 0.29) is 5.54 Å². The number of nitrogens with zero attached hydrogens (tertiary/aromatic N) is 2. The number of carbonyl (C=O) groups is 1. The summed E-state index contributed by atoms with van der Waals surface area (Å²) in [6.45, 7) is 0.479. The van der Waals surface area contributed by atoms with E-state index in [2.05, 4.69) is 4.98 Å². The van der Waals surface area contributed by atoms with Crippen molar-refractivity contribution in [1.82, 2.24) is 4.98 Å². The molecule has 140 valence electrons. The number of aromatic nitrogens is 1. The first-order valence-electron chi connectivity index (χ1n) is 10.1. The third-order valence-electron chi connectivity index (χ3n) is 6.84. The number of rotatable bonds is 6. The van der Waals surface area contributed by atoms with Crippen molar-refractivity contribution < 1.29 is 9.53 Å². The zero-order valence-electron chi connectivity index (χ0n) is 15.6. The summed E-state index contributed by atoms with van der Waals surface area (Å²) in [7, 11) is 0. The van der Waals surface area contributed by atoms with Gasteiger partial charge in [-0.2, -0.15) is 0 Å². The molecular formula is C23H26N2O2. The van der Waals surface area contributed by atoms with Crippen LogP contribution in [0.2, 0.25) is 0 Å². The maximum absolute atomic E-state index is 12.3. The number of anilines is 1. The lowest BCUT2D eigenvalue weighted by molar-refractivity contribution is -0.111. The van der Waals surface area contributed by atoms with Crippen LogP contribution in [-0.4, -0.2) is 16.9 Å². The van der Waals surface area contributed by atoms with Gasteiger partial charge in [0.05, 0.1) is 0 Å². The van der Waals surface area contributed by atoms with Crippen molar-refractivity contribution in [3.05, 3.63) is 54.2 Å². The molecule has 1 aromatic carbocycles. The zero-order valence-corrected chi connectivity index (χ0v) is 15.6. The normalized spacial score (nSPS) is 30.9. The average Bonchev–Trinajstić information content (AvgIpc) is 2.67. The van der Waals surface area contributed by atoms with Gasteiger partial charge in [0.15, 0.2) is 11.6 Å². The molecule has 0 spiro atoms. The van der Waals surface area contributed by atoms with Gasteiger partial charge in [-0.05, 0) is 74.0 Å². The number of hydrogen-bond acceptors (Lipinski definition) is 3. The number of benzene rings is 1. The topological polar surface area (TPSA) is 42.4 Å². The van der Waals surface area contributed by atoms with Crippen LogP contribution in [0.25, 0.3) is 0 Å². The molecule has 0 N–H and O–H groups in total. The summed E-state index contributed by atoms with van der Waals surface area (Å²) < 4.78 is 6.11. The summed E-state index contributed by atoms with van der Waals surface area (Å²) in [4.78, 5) is 18.8. The van der Waals surface area contributed by atoms with Crippen LogP contribution >= 0.6 is 0 Å². The lowest BCUT2D eigenvalue weighted by atomic mass is 9.52. The fourth-order valence-corrected chi connectivity index (χ4v) is 6.16. The molecule has 1 amide bonds. The van der Waals surface area contributed by atoms with E-state index in [1.807, 2.05) is 47.4 Å². The van der Waals surface area contributed by atoms with Crippen LogP contribution in [0.4, 0.5) is 5.82 Å². The lowest BCUT2D eigenvalue weighted by Gasteiger charge is -2.59. The quantitative estimate of drug-likeness (QED) is 0.706. The van der Waals surface area contributed by atoms with Crippen molar-refractivity contribution in [2.45, 2.75) is 50.7 Å². The van der Waals surface area contributed by atoms with Crippen LogP contribution in [0.3, 0.4) is 0 Å². The van der Waals surface area contributed by atoms with E-state index in [0.717, 1.165) is 49.0 Å². The molecule has 0 unspecified atom stereocenters. The average molecular weight is 362 g/mol. The monoisotopic (exact) mass is 362 g/mol. The molecule has 4 bridgehead atoms. The molecule has 0 aliphatic heterocycles. The van der Waals surface area contributed by atoms with Gasteiger partial charge in [-0.1, -0.05) is 30.3 Å². The Kier molecular flexibility index (Phi) is 4.14. The van der Waals surface area contributed by atoms with Crippen LogP contribution in [0, 0.1) is 17.8 Å². The van der Waals surface area contributed by atoms with Gasteiger partial charge < -0.3 is 4.74 Å². The molecule has 0 atom stereocenters. The Morgan fingerprint density at radius 2 is 1.67 bits per heavy atom. The molecule has 27 heavy (non-hydrogen) atoms. The summed E-state index contributed by atoms with van der Waals surface area (Å²) in [6.07, 6.45) is 10.2. The second kappa shape index (κ2) is 6.66. The largest absolute Gasteiger partial charge is 0.485 e. The van der Waals surface area contributed by atoms with Crippen molar-refractivity contribution in [2.75, 3.05) is 4.90 Å². The maximum atomic E-state index is 12.3. The molecular weight excluding hydrogens is 336 g/mol. The lowest BCUT2D eigenvalue weighted by Crippen LogP contribution is -2.60. The summed E-state index contributed by atoms with van der Waals surface area (Å²) in [5.41, 5.74) is 1.05. The van der Waals surface area contributed by atoms with Crippen LogP contribution in [0.5, 0.6) is 5.75 Å². The molecule has 4 aliphatic carbocycles. The Balaban J connectivity index is 1.44. The molecule has 4 saturated carbocycles. The van der Waals surface area contributed by atoms with Crippen LogP contribution in [0.1, 0.15) is 44.1 Å². The predicted molar refractivity (Wildman–Crippen MR) is 104 cm³/mol. The third-order valence-corrected chi connectivity index (χ3v) is 6.84. The predicted octanol–water partition coefficient (Wildman–Crippen LogP) is 4.59. The van der Waals surface area contributed by atoms with Gasteiger partial charge in [-0.15, -0.1) is 0 Å². The molecule has 2 aromatic rings. The van der Waals surface area contributed by atoms with Gasteiger partial charge in [-0.25, -0.2) is 4.98 Å². The summed E-state index contributed by atoms with van der Waals surface area (Å²) in [6, 6.07) is 13.9. The number of ether oxygens (including phenoxy) is 1. The molecule has 1 aromatic heterocycles. The first-order chi connectivity index (χ1) is 13.3.